The second-order valence-electron chi connectivity index (χ2n) is 6.98. The number of carbonyl (C=O) groups excluding carboxylic acids is 1. The highest BCUT2D eigenvalue weighted by atomic mass is 16.5. The predicted octanol–water partition coefficient (Wildman–Crippen LogP) is 3.33. The Balaban J connectivity index is 1.96. The van der Waals surface area contributed by atoms with Gasteiger partial charge < -0.3 is 10.1 Å². The van der Waals surface area contributed by atoms with E-state index in [-0.39, 0.29) is 11.9 Å². The molecule has 0 spiro atoms. The molecular weight excluding hydrogens is 350 g/mol. The van der Waals surface area contributed by atoms with E-state index in [1.54, 1.807) is 7.11 Å². The van der Waals surface area contributed by atoms with Gasteiger partial charge in [0.1, 0.15) is 5.75 Å². The lowest BCUT2D eigenvalue weighted by Crippen LogP contribution is -2.41. The first kappa shape index (κ1) is 21.9. The molecule has 0 aliphatic rings. The van der Waals surface area contributed by atoms with E-state index in [2.05, 4.69) is 48.3 Å². The summed E-state index contributed by atoms with van der Waals surface area (Å²) in [6, 6.07) is 18.4. The monoisotopic (exact) mass is 383 g/mol. The molecule has 0 fully saturated rings. The molecule has 5 heteroatoms. The number of hydrogen-bond donors (Lipinski definition) is 1. The molecule has 0 aliphatic heterocycles. The molecule has 0 aromatic heterocycles. The maximum absolute atomic E-state index is 12.5. The number of benzene rings is 2. The zero-order valence-electron chi connectivity index (χ0n) is 17.5. The second-order valence-corrected chi connectivity index (χ2v) is 6.98. The summed E-state index contributed by atoms with van der Waals surface area (Å²) in [7, 11) is 3.65. The van der Waals surface area contributed by atoms with E-state index in [1.165, 1.54) is 5.56 Å². The first-order valence-electron chi connectivity index (χ1n) is 9.94. The van der Waals surface area contributed by atoms with Gasteiger partial charge in [-0.25, -0.2) is 0 Å². The van der Waals surface area contributed by atoms with Crippen LogP contribution >= 0.6 is 0 Å². The van der Waals surface area contributed by atoms with Gasteiger partial charge in [0.25, 0.3) is 0 Å². The largest absolute Gasteiger partial charge is 0.497 e. The molecule has 0 radical (unpaired) electrons. The minimum absolute atomic E-state index is 0.0403. The van der Waals surface area contributed by atoms with E-state index in [9.17, 15) is 4.79 Å². The summed E-state index contributed by atoms with van der Waals surface area (Å²) in [5, 5.41) is 3.12. The third-order valence-corrected chi connectivity index (χ3v) is 4.93. The fourth-order valence-corrected chi connectivity index (χ4v) is 3.43. The fraction of sp³-hybridized carbons (Fsp3) is 0.435. The summed E-state index contributed by atoms with van der Waals surface area (Å²) in [4.78, 5) is 16.9. The second kappa shape index (κ2) is 11.5. The normalized spacial score (nSPS) is 12.2. The molecule has 2 rings (SSSR count). The van der Waals surface area contributed by atoms with Crippen LogP contribution in [0, 0.1) is 0 Å². The SMILES string of the molecule is CCN(CC)C(CNC(=O)CN(C)Cc1ccccc1)c1cccc(OC)c1. The van der Waals surface area contributed by atoms with Gasteiger partial charge in [0.05, 0.1) is 19.7 Å². The Hall–Kier alpha value is -2.37. The van der Waals surface area contributed by atoms with Crippen LogP contribution in [0.3, 0.4) is 0 Å². The zero-order chi connectivity index (χ0) is 20.4. The standard InChI is InChI=1S/C23H33N3O2/c1-5-26(6-2)22(20-13-10-14-21(15-20)28-4)16-24-23(27)18-25(3)17-19-11-8-7-9-12-19/h7-15,22H,5-6,16-18H2,1-4H3,(H,24,27). The molecule has 1 N–H and O–H groups in total. The van der Waals surface area contributed by atoms with Crippen LogP contribution in [0.4, 0.5) is 0 Å². The third kappa shape index (κ3) is 6.66. The summed E-state index contributed by atoms with van der Waals surface area (Å²) in [6.07, 6.45) is 0. The van der Waals surface area contributed by atoms with E-state index < -0.39 is 0 Å². The molecule has 1 unspecified atom stereocenters. The van der Waals surface area contributed by atoms with Gasteiger partial charge in [-0.05, 0) is 43.4 Å². The Kier molecular flexibility index (Phi) is 8.98. The van der Waals surface area contributed by atoms with Crippen molar-refractivity contribution in [2.45, 2.75) is 26.4 Å². The Labute approximate surface area is 169 Å². The molecule has 0 heterocycles. The molecule has 28 heavy (non-hydrogen) atoms. The lowest BCUT2D eigenvalue weighted by molar-refractivity contribution is -0.122. The first-order valence-corrected chi connectivity index (χ1v) is 9.94. The summed E-state index contributed by atoms with van der Waals surface area (Å²) in [5.41, 5.74) is 2.36. The summed E-state index contributed by atoms with van der Waals surface area (Å²) in [5.74, 6) is 0.877. The summed E-state index contributed by atoms with van der Waals surface area (Å²) < 4.78 is 5.37. The Morgan fingerprint density at radius 1 is 1.07 bits per heavy atom. The third-order valence-electron chi connectivity index (χ3n) is 4.93. The maximum Gasteiger partial charge on any atom is 0.234 e. The molecule has 0 saturated carbocycles. The molecule has 2 aromatic rings. The fourth-order valence-electron chi connectivity index (χ4n) is 3.43. The highest BCUT2D eigenvalue weighted by Crippen LogP contribution is 2.23. The zero-order valence-corrected chi connectivity index (χ0v) is 17.5. The van der Waals surface area contributed by atoms with E-state index in [4.69, 9.17) is 4.74 Å². The van der Waals surface area contributed by atoms with Crippen LogP contribution in [-0.4, -0.2) is 56.0 Å². The number of nitrogens with zero attached hydrogens (tertiary/aromatic N) is 2. The van der Waals surface area contributed by atoms with E-state index in [0.717, 1.165) is 30.9 Å². The quantitative estimate of drug-likeness (QED) is 0.646. The van der Waals surface area contributed by atoms with E-state index in [1.807, 2.05) is 42.3 Å². The van der Waals surface area contributed by atoms with Crippen molar-refractivity contribution in [3.63, 3.8) is 0 Å². The molecule has 1 amide bonds. The Bertz CT molecular complexity index is 717. The molecule has 0 saturated heterocycles. The van der Waals surface area contributed by atoms with Crippen molar-refractivity contribution in [1.82, 2.24) is 15.1 Å². The summed E-state index contributed by atoms with van der Waals surface area (Å²) in [6.45, 7) is 7.83. The van der Waals surface area contributed by atoms with Gasteiger partial charge in [0.15, 0.2) is 0 Å². The van der Waals surface area contributed by atoms with Crippen molar-refractivity contribution in [1.29, 1.82) is 0 Å². The number of rotatable bonds is 11. The first-order chi connectivity index (χ1) is 13.6. The molecular formula is C23H33N3O2. The number of amides is 1. The molecule has 1 atom stereocenters. The highest BCUT2D eigenvalue weighted by Gasteiger charge is 2.19. The lowest BCUT2D eigenvalue weighted by Gasteiger charge is -2.30. The van der Waals surface area contributed by atoms with Gasteiger partial charge in [0.2, 0.25) is 5.91 Å². The van der Waals surface area contributed by atoms with Crippen molar-refractivity contribution in [3.05, 3.63) is 65.7 Å². The van der Waals surface area contributed by atoms with Crippen molar-refractivity contribution in [2.24, 2.45) is 0 Å². The van der Waals surface area contributed by atoms with E-state index >= 15 is 0 Å². The minimum atomic E-state index is 0.0403. The minimum Gasteiger partial charge on any atom is -0.497 e. The predicted molar refractivity (Wildman–Crippen MR) is 114 cm³/mol. The van der Waals surface area contributed by atoms with Crippen LogP contribution in [0.1, 0.15) is 31.0 Å². The van der Waals surface area contributed by atoms with Crippen LogP contribution < -0.4 is 10.1 Å². The average molecular weight is 384 g/mol. The van der Waals surface area contributed by atoms with Crippen LogP contribution in [-0.2, 0) is 11.3 Å². The van der Waals surface area contributed by atoms with Gasteiger partial charge in [-0.2, -0.15) is 0 Å². The van der Waals surface area contributed by atoms with Crippen molar-refractivity contribution in [2.75, 3.05) is 40.3 Å². The van der Waals surface area contributed by atoms with E-state index in [0.29, 0.717) is 13.1 Å². The van der Waals surface area contributed by atoms with Gasteiger partial charge in [-0.1, -0.05) is 56.3 Å². The number of methoxy groups -OCH3 is 1. The Morgan fingerprint density at radius 2 is 1.79 bits per heavy atom. The number of carbonyl (C=O) groups is 1. The van der Waals surface area contributed by atoms with Crippen LogP contribution in [0.2, 0.25) is 0 Å². The van der Waals surface area contributed by atoms with Gasteiger partial charge >= 0.3 is 0 Å². The molecule has 2 aromatic carbocycles. The smallest absolute Gasteiger partial charge is 0.234 e. The van der Waals surface area contributed by atoms with Gasteiger partial charge in [-0.15, -0.1) is 0 Å². The molecule has 0 bridgehead atoms. The summed E-state index contributed by atoms with van der Waals surface area (Å²) >= 11 is 0. The van der Waals surface area contributed by atoms with Crippen molar-refractivity contribution < 1.29 is 9.53 Å². The highest BCUT2D eigenvalue weighted by molar-refractivity contribution is 5.78. The molecule has 0 aliphatic carbocycles. The maximum atomic E-state index is 12.5. The van der Waals surface area contributed by atoms with Crippen LogP contribution in [0.15, 0.2) is 54.6 Å². The number of likely N-dealkylation sites (N-methyl/N-ethyl adjacent to an activating group) is 2. The van der Waals surface area contributed by atoms with Crippen LogP contribution in [0.5, 0.6) is 5.75 Å². The topological polar surface area (TPSA) is 44.8 Å². The van der Waals surface area contributed by atoms with Gasteiger partial charge in [0, 0.05) is 13.1 Å². The lowest BCUT2D eigenvalue weighted by atomic mass is 10.0. The number of hydrogen-bond acceptors (Lipinski definition) is 4. The van der Waals surface area contributed by atoms with Crippen molar-refractivity contribution >= 4 is 5.91 Å². The van der Waals surface area contributed by atoms with Crippen LogP contribution in [0.25, 0.3) is 0 Å². The Morgan fingerprint density at radius 3 is 2.43 bits per heavy atom. The average Bonchev–Trinajstić information content (AvgIpc) is 2.71. The van der Waals surface area contributed by atoms with Gasteiger partial charge in [-0.3, -0.25) is 14.6 Å². The van der Waals surface area contributed by atoms with Crippen molar-refractivity contribution in [3.8, 4) is 5.75 Å². The molecule has 5 nitrogen and oxygen atoms in total. The molecule has 152 valence electrons. The number of ether oxygens (including phenoxy) is 1. The number of nitrogens with one attached hydrogen (secondary N) is 1.